The summed E-state index contributed by atoms with van der Waals surface area (Å²) < 4.78 is 4.66. The van der Waals surface area contributed by atoms with Crippen molar-refractivity contribution < 1.29 is 5.11 Å². The van der Waals surface area contributed by atoms with Crippen LogP contribution < -0.4 is 16.6 Å². The number of halogens is 1. The van der Waals surface area contributed by atoms with E-state index in [2.05, 4.69) is 5.32 Å². The Bertz CT molecular complexity index is 1770. The fraction of sp³-hybridized carbons (Fsp3) is 0.111. The number of nitrogens with zero attached hydrogens (tertiary/aromatic N) is 3. The van der Waals surface area contributed by atoms with E-state index in [4.69, 9.17) is 11.6 Å². The van der Waals surface area contributed by atoms with Gasteiger partial charge in [0, 0.05) is 24.7 Å². The van der Waals surface area contributed by atoms with Crippen molar-refractivity contribution in [3.8, 4) is 22.7 Å². The highest BCUT2D eigenvalue weighted by Crippen LogP contribution is 2.47. The molecule has 0 aliphatic carbocycles. The van der Waals surface area contributed by atoms with Crippen molar-refractivity contribution in [1.29, 1.82) is 0 Å². The van der Waals surface area contributed by atoms with Crippen LogP contribution in [-0.4, -0.2) is 18.8 Å². The van der Waals surface area contributed by atoms with Crippen LogP contribution in [0.4, 0.5) is 5.69 Å². The molecule has 5 aromatic rings. The van der Waals surface area contributed by atoms with Crippen LogP contribution in [0.25, 0.3) is 27.8 Å². The molecule has 35 heavy (non-hydrogen) atoms. The van der Waals surface area contributed by atoms with Crippen LogP contribution in [-0.2, 0) is 14.1 Å². The summed E-state index contributed by atoms with van der Waals surface area (Å²) in [5.74, 6) is 0.0577. The van der Waals surface area contributed by atoms with Crippen molar-refractivity contribution in [2.75, 3.05) is 5.32 Å². The summed E-state index contributed by atoms with van der Waals surface area (Å²) in [6, 6.07) is 21.7. The van der Waals surface area contributed by atoms with E-state index in [9.17, 15) is 14.7 Å². The zero-order valence-corrected chi connectivity index (χ0v) is 19.7. The Morgan fingerprint density at radius 1 is 0.914 bits per heavy atom. The third-order valence-electron chi connectivity index (χ3n) is 6.67. The van der Waals surface area contributed by atoms with Gasteiger partial charge in [0.05, 0.1) is 39.7 Å². The molecule has 0 unspecified atom stereocenters. The average Bonchev–Trinajstić information content (AvgIpc) is 3.24. The first-order valence-electron chi connectivity index (χ1n) is 11.1. The van der Waals surface area contributed by atoms with E-state index in [0.717, 1.165) is 21.5 Å². The van der Waals surface area contributed by atoms with Gasteiger partial charge in [-0.25, -0.2) is 4.79 Å². The van der Waals surface area contributed by atoms with E-state index in [1.165, 1.54) is 11.6 Å². The molecule has 1 aliphatic heterocycles. The van der Waals surface area contributed by atoms with Gasteiger partial charge in [0.2, 0.25) is 0 Å². The number of nitrogens with one attached hydrogen (secondary N) is 1. The Hall–Kier alpha value is -4.23. The molecular formula is C27H21ClN4O3. The predicted molar refractivity (Wildman–Crippen MR) is 138 cm³/mol. The molecule has 0 bridgehead atoms. The van der Waals surface area contributed by atoms with Crippen LogP contribution >= 0.6 is 11.6 Å². The summed E-state index contributed by atoms with van der Waals surface area (Å²) in [7, 11) is 3.15. The van der Waals surface area contributed by atoms with Gasteiger partial charge in [0.15, 0.2) is 0 Å². The lowest BCUT2D eigenvalue weighted by Crippen LogP contribution is -2.37. The number of rotatable bonds is 2. The minimum Gasteiger partial charge on any atom is -0.508 e. The number of aryl methyl sites for hydroxylation is 1. The Morgan fingerprint density at radius 3 is 2.40 bits per heavy atom. The molecule has 6 rings (SSSR count). The Balaban J connectivity index is 1.88. The van der Waals surface area contributed by atoms with E-state index in [-0.39, 0.29) is 11.3 Å². The quantitative estimate of drug-likeness (QED) is 0.384. The van der Waals surface area contributed by atoms with Crippen molar-refractivity contribution in [2.45, 2.75) is 6.04 Å². The highest BCUT2D eigenvalue weighted by Gasteiger charge is 2.35. The molecule has 0 amide bonds. The maximum Gasteiger partial charge on any atom is 0.331 e. The second kappa shape index (κ2) is 7.65. The first-order valence-corrected chi connectivity index (χ1v) is 11.5. The van der Waals surface area contributed by atoms with E-state index in [0.29, 0.717) is 32.9 Å². The number of aromatic nitrogens is 3. The molecule has 7 nitrogen and oxygen atoms in total. The molecule has 3 heterocycles. The minimum atomic E-state index is -0.582. The maximum atomic E-state index is 13.6. The molecule has 1 aliphatic rings. The summed E-state index contributed by atoms with van der Waals surface area (Å²) in [6.07, 6.45) is 0. The van der Waals surface area contributed by atoms with E-state index >= 15 is 0 Å². The van der Waals surface area contributed by atoms with Gasteiger partial charge in [-0.3, -0.25) is 13.9 Å². The van der Waals surface area contributed by atoms with Crippen molar-refractivity contribution in [3.63, 3.8) is 0 Å². The molecule has 2 N–H and O–H groups in total. The number of anilines is 1. The molecule has 0 fully saturated rings. The normalized spacial score (nSPS) is 14.4. The highest BCUT2D eigenvalue weighted by atomic mass is 35.5. The zero-order valence-electron chi connectivity index (χ0n) is 19.0. The van der Waals surface area contributed by atoms with E-state index in [1.54, 1.807) is 25.2 Å². The molecular weight excluding hydrogens is 464 g/mol. The Morgan fingerprint density at radius 2 is 1.63 bits per heavy atom. The summed E-state index contributed by atoms with van der Waals surface area (Å²) in [4.78, 5) is 26.7. The molecule has 0 saturated heterocycles. The second-order valence-electron chi connectivity index (χ2n) is 8.66. The Labute approximate surface area is 205 Å². The first kappa shape index (κ1) is 21.3. The van der Waals surface area contributed by atoms with Crippen LogP contribution in [0.3, 0.4) is 0 Å². The number of hydrogen-bond donors (Lipinski definition) is 2. The molecule has 0 spiro atoms. The van der Waals surface area contributed by atoms with Gasteiger partial charge in [-0.1, -0.05) is 54.1 Å². The van der Waals surface area contributed by atoms with Gasteiger partial charge >= 0.3 is 5.69 Å². The average molecular weight is 485 g/mol. The molecule has 3 aromatic carbocycles. The minimum absolute atomic E-state index is 0.0577. The lowest BCUT2D eigenvalue weighted by atomic mass is 9.98. The number of fused-ring (bicyclic) bond motifs is 5. The van der Waals surface area contributed by atoms with Crippen LogP contribution in [0.15, 0.2) is 82.4 Å². The number of aromatic hydroxyl groups is 1. The van der Waals surface area contributed by atoms with Crippen LogP contribution in [0.1, 0.15) is 17.3 Å². The smallest absolute Gasteiger partial charge is 0.331 e. The number of benzene rings is 3. The number of hydrogen-bond acceptors (Lipinski definition) is 4. The van der Waals surface area contributed by atoms with Crippen molar-refractivity contribution in [1.82, 2.24) is 13.7 Å². The lowest BCUT2D eigenvalue weighted by Gasteiger charge is -2.31. The van der Waals surface area contributed by atoms with Gasteiger partial charge in [0.1, 0.15) is 5.75 Å². The van der Waals surface area contributed by atoms with Gasteiger partial charge in [-0.15, -0.1) is 0 Å². The van der Waals surface area contributed by atoms with Crippen molar-refractivity contribution >= 4 is 28.2 Å². The third kappa shape index (κ3) is 2.98. The number of para-hydroxylation sites is 2. The SMILES string of the molecule is Cn1c(=O)c2c(-c3ccccc3)n3c(c2n(C)c1=O)[C@@H](c1cc(Cl)ccc1O)Nc1ccccc1-3. The van der Waals surface area contributed by atoms with Gasteiger partial charge < -0.3 is 15.0 Å². The van der Waals surface area contributed by atoms with Crippen molar-refractivity contribution in [3.05, 3.63) is 110 Å². The van der Waals surface area contributed by atoms with E-state index < -0.39 is 11.7 Å². The van der Waals surface area contributed by atoms with Crippen molar-refractivity contribution in [2.24, 2.45) is 14.1 Å². The standard InChI is InChI=1S/C27H21ClN4O3/c1-30-24-21(26(34)31(2)27(30)35)23(15-8-4-3-5-9-15)32-19-11-7-6-10-18(19)29-22(25(24)32)17-14-16(28)12-13-20(17)33/h3-14,22,29,33H,1-2H3/t22-/m1/s1. The highest BCUT2D eigenvalue weighted by molar-refractivity contribution is 6.30. The molecule has 2 aromatic heterocycles. The summed E-state index contributed by atoms with van der Waals surface area (Å²) in [5.41, 5.74) is 4.10. The lowest BCUT2D eigenvalue weighted by molar-refractivity contribution is 0.466. The van der Waals surface area contributed by atoms with Crippen LogP contribution in [0, 0.1) is 0 Å². The van der Waals surface area contributed by atoms with Gasteiger partial charge in [-0.05, 0) is 35.9 Å². The zero-order chi connectivity index (χ0) is 24.4. The summed E-state index contributed by atoms with van der Waals surface area (Å²) in [5, 5.41) is 15.2. The largest absolute Gasteiger partial charge is 0.508 e. The van der Waals surface area contributed by atoms with Gasteiger partial charge in [-0.2, -0.15) is 0 Å². The molecule has 8 heteroatoms. The van der Waals surface area contributed by atoms with E-state index in [1.807, 2.05) is 59.2 Å². The number of phenols is 1. The van der Waals surface area contributed by atoms with Gasteiger partial charge in [0.25, 0.3) is 5.56 Å². The number of phenolic OH excluding ortho intramolecular Hbond substituents is 1. The molecule has 0 saturated carbocycles. The Kier molecular flexibility index (Phi) is 4.66. The van der Waals surface area contributed by atoms with Crippen LogP contribution in [0.2, 0.25) is 5.02 Å². The first-order chi connectivity index (χ1) is 16.9. The molecule has 0 radical (unpaired) electrons. The molecule has 174 valence electrons. The third-order valence-corrected chi connectivity index (χ3v) is 6.91. The van der Waals surface area contributed by atoms with Crippen LogP contribution in [0.5, 0.6) is 5.75 Å². The maximum absolute atomic E-state index is 13.6. The molecule has 1 atom stereocenters. The summed E-state index contributed by atoms with van der Waals surface area (Å²) in [6.45, 7) is 0. The predicted octanol–water partition coefficient (Wildman–Crippen LogP) is 4.57. The second-order valence-corrected chi connectivity index (χ2v) is 9.10. The fourth-order valence-electron chi connectivity index (χ4n) is 5.08. The monoisotopic (exact) mass is 484 g/mol. The topological polar surface area (TPSA) is 81.2 Å². The fourth-order valence-corrected chi connectivity index (χ4v) is 5.26. The summed E-state index contributed by atoms with van der Waals surface area (Å²) >= 11 is 6.33.